The highest BCUT2D eigenvalue weighted by atomic mass is 16.5. The molecule has 1 aromatic carbocycles. The van der Waals surface area contributed by atoms with Gasteiger partial charge in [-0.05, 0) is 18.6 Å². The Hall–Kier alpha value is -2.21. The van der Waals surface area contributed by atoms with Crippen molar-refractivity contribution in [1.29, 1.82) is 0 Å². The summed E-state index contributed by atoms with van der Waals surface area (Å²) in [6.07, 6.45) is 1.69. The van der Waals surface area contributed by atoms with E-state index in [9.17, 15) is 0 Å². The van der Waals surface area contributed by atoms with Crippen LogP contribution in [-0.4, -0.2) is 41.5 Å². The normalized spacial score (nSPS) is 15.2. The summed E-state index contributed by atoms with van der Waals surface area (Å²) in [5, 5.41) is 11.3. The van der Waals surface area contributed by atoms with Crippen LogP contribution in [0.1, 0.15) is 5.56 Å². The summed E-state index contributed by atoms with van der Waals surface area (Å²) in [5.74, 6) is 1.35. The minimum Gasteiger partial charge on any atom is -0.378 e. The quantitative estimate of drug-likeness (QED) is 0.917. The maximum absolute atomic E-state index is 5.34. The lowest BCUT2D eigenvalue weighted by Crippen LogP contribution is -2.37. The topological polar surface area (TPSA) is 63.2 Å². The SMILES string of the molecule is Cc1ccccc1Nc1nncc(N2CCOCC2)n1. The minimum atomic E-state index is 0.517. The van der Waals surface area contributed by atoms with Crippen molar-refractivity contribution in [2.75, 3.05) is 36.5 Å². The lowest BCUT2D eigenvalue weighted by Gasteiger charge is -2.27. The van der Waals surface area contributed by atoms with E-state index < -0.39 is 0 Å². The zero-order chi connectivity index (χ0) is 13.8. The molecule has 0 amide bonds. The molecule has 0 atom stereocenters. The number of morpholine rings is 1. The van der Waals surface area contributed by atoms with Gasteiger partial charge in [0, 0.05) is 18.8 Å². The summed E-state index contributed by atoms with van der Waals surface area (Å²) in [5.41, 5.74) is 2.14. The van der Waals surface area contributed by atoms with Crippen LogP contribution in [0.25, 0.3) is 0 Å². The smallest absolute Gasteiger partial charge is 0.249 e. The lowest BCUT2D eigenvalue weighted by atomic mass is 10.2. The van der Waals surface area contributed by atoms with E-state index >= 15 is 0 Å². The van der Waals surface area contributed by atoms with Crippen molar-refractivity contribution in [1.82, 2.24) is 15.2 Å². The molecular weight excluding hydrogens is 254 g/mol. The molecule has 1 aliphatic rings. The molecule has 1 fully saturated rings. The van der Waals surface area contributed by atoms with E-state index in [0.29, 0.717) is 5.95 Å². The van der Waals surface area contributed by atoms with Gasteiger partial charge in [-0.1, -0.05) is 18.2 Å². The van der Waals surface area contributed by atoms with Gasteiger partial charge in [0.25, 0.3) is 0 Å². The Morgan fingerprint density at radius 2 is 2.00 bits per heavy atom. The second-order valence-electron chi connectivity index (χ2n) is 4.68. The average molecular weight is 271 g/mol. The van der Waals surface area contributed by atoms with Gasteiger partial charge in [0.1, 0.15) is 0 Å². The van der Waals surface area contributed by atoms with Crippen LogP contribution in [0.3, 0.4) is 0 Å². The fourth-order valence-corrected chi connectivity index (χ4v) is 2.13. The molecule has 3 rings (SSSR count). The van der Waals surface area contributed by atoms with Crippen LogP contribution in [0.5, 0.6) is 0 Å². The Balaban J connectivity index is 1.79. The van der Waals surface area contributed by atoms with E-state index in [1.54, 1.807) is 6.20 Å². The van der Waals surface area contributed by atoms with E-state index in [0.717, 1.165) is 43.4 Å². The van der Waals surface area contributed by atoms with Crippen molar-refractivity contribution in [3.8, 4) is 0 Å². The molecule has 104 valence electrons. The molecule has 0 aliphatic carbocycles. The Kier molecular flexibility index (Phi) is 3.73. The lowest BCUT2D eigenvalue weighted by molar-refractivity contribution is 0.122. The predicted octanol–water partition coefficient (Wildman–Crippen LogP) is 1.76. The van der Waals surface area contributed by atoms with E-state index in [1.165, 1.54) is 0 Å². The molecule has 1 saturated heterocycles. The number of nitrogens with one attached hydrogen (secondary N) is 1. The molecule has 0 unspecified atom stereocenters. The largest absolute Gasteiger partial charge is 0.378 e. The number of para-hydroxylation sites is 1. The van der Waals surface area contributed by atoms with E-state index in [1.807, 2.05) is 31.2 Å². The fraction of sp³-hybridized carbons (Fsp3) is 0.357. The summed E-state index contributed by atoms with van der Waals surface area (Å²) in [4.78, 5) is 6.67. The Morgan fingerprint density at radius 3 is 2.80 bits per heavy atom. The van der Waals surface area contributed by atoms with Crippen molar-refractivity contribution in [3.63, 3.8) is 0 Å². The predicted molar refractivity (Wildman–Crippen MR) is 77.3 cm³/mol. The molecule has 1 N–H and O–H groups in total. The highest BCUT2D eigenvalue weighted by molar-refractivity contribution is 5.58. The second-order valence-corrected chi connectivity index (χ2v) is 4.68. The second kappa shape index (κ2) is 5.83. The number of aromatic nitrogens is 3. The third-order valence-electron chi connectivity index (χ3n) is 3.27. The van der Waals surface area contributed by atoms with E-state index in [2.05, 4.69) is 25.4 Å². The number of hydrogen-bond donors (Lipinski definition) is 1. The van der Waals surface area contributed by atoms with Crippen molar-refractivity contribution >= 4 is 17.5 Å². The van der Waals surface area contributed by atoms with Crippen LogP contribution < -0.4 is 10.2 Å². The van der Waals surface area contributed by atoms with Gasteiger partial charge in [-0.2, -0.15) is 10.1 Å². The number of rotatable bonds is 3. The first-order chi connectivity index (χ1) is 9.83. The Morgan fingerprint density at radius 1 is 1.20 bits per heavy atom. The summed E-state index contributed by atoms with van der Waals surface area (Å²) in [6, 6.07) is 8.03. The molecule has 6 nitrogen and oxygen atoms in total. The Bertz CT molecular complexity index is 583. The monoisotopic (exact) mass is 271 g/mol. The number of nitrogens with zero attached hydrogens (tertiary/aromatic N) is 4. The standard InChI is InChI=1S/C14H17N5O/c1-11-4-2-3-5-12(11)16-14-17-13(10-15-18-14)19-6-8-20-9-7-19/h2-5,10H,6-9H2,1H3,(H,16,17,18). The number of aryl methyl sites for hydroxylation is 1. The first-order valence-electron chi connectivity index (χ1n) is 6.68. The number of benzene rings is 1. The van der Waals surface area contributed by atoms with Crippen LogP contribution in [0.4, 0.5) is 17.5 Å². The van der Waals surface area contributed by atoms with Crippen molar-refractivity contribution in [2.45, 2.75) is 6.92 Å². The van der Waals surface area contributed by atoms with Gasteiger partial charge in [0.05, 0.1) is 19.4 Å². The summed E-state index contributed by atoms with van der Waals surface area (Å²) < 4.78 is 5.34. The molecule has 2 aromatic rings. The van der Waals surface area contributed by atoms with Gasteiger partial charge in [-0.15, -0.1) is 5.10 Å². The van der Waals surface area contributed by atoms with Gasteiger partial charge in [-0.25, -0.2) is 0 Å². The average Bonchev–Trinajstić information content (AvgIpc) is 2.51. The molecule has 0 radical (unpaired) electrons. The maximum Gasteiger partial charge on any atom is 0.249 e. The number of anilines is 3. The van der Waals surface area contributed by atoms with Gasteiger partial charge in [0.15, 0.2) is 5.82 Å². The van der Waals surface area contributed by atoms with Crippen LogP contribution in [0, 0.1) is 6.92 Å². The zero-order valence-corrected chi connectivity index (χ0v) is 11.4. The first-order valence-corrected chi connectivity index (χ1v) is 6.68. The summed E-state index contributed by atoms with van der Waals surface area (Å²) >= 11 is 0. The first kappa shape index (κ1) is 12.8. The molecule has 0 saturated carbocycles. The molecule has 6 heteroatoms. The van der Waals surface area contributed by atoms with Crippen molar-refractivity contribution in [3.05, 3.63) is 36.0 Å². The van der Waals surface area contributed by atoms with Crippen LogP contribution in [0.2, 0.25) is 0 Å². The van der Waals surface area contributed by atoms with Crippen molar-refractivity contribution in [2.24, 2.45) is 0 Å². The van der Waals surface area contributed by atoms with Gasteiger partial charge < -0.3 is 15.0 Å². The highest BCUT2D eigenvalue weighted by Gasteiger charge is 2.13. The Labute approximate surface area is 117 Å². The fourth-order valence-electron chi connectivity index (χ4n) is 2.13. The molecule has 1 aromatic heterocycles. The molecule has 0 spiro atoms. The molecule has 0 bridgehead atoms. The molecule has 2 heterocycles. The van der Waals surface area contributed by atoms with E-state index in [-0.39, 0.29) is 0 Å². The summed E-state index contributed by atoms with van der Waals surface area (Å²) in [7, 11) is 0. The third kappa shape index (κ3) is 2.85. The number of hydrogen-bond acceptors (Lipinski definition) is 6. The van der Waals surface area contributed by atoms with Crippen LogP contribution in [0.15, 0.2) is 30.5 Å². The van der Waals surface area contributed by atoms with Gasteiger partial charge in [-0.3, -0.25) is 0 Å². The zero-order valence-electron chi connectivity index (χ0n) is 11.4. The summed E-state index contributed by atoms with van der Waals surface area (Å²) in [6.45, 7) is 5.17. The maximum atomic E-state index is 5.34. The number of ether oxygens (including phenoxy) is 1. The highest BCUT2D eigenvalue weighted by Crippen LogP contribution is 2.19. The van der Waals surface area contributed by atoms with Gasteiger partial charge >= 0.3 is 0 Å². The van der Waals surface area contributed by atoms with Gasteiger partial charge in [0.2, 0.25) is 5.95 Å². The van der Waals surface area contributed by atoms with Crippen LogP contribution >= 0.6 is 0 Å². The van der Waals surface area contributed by atoms with E-state index in [4.69, 9.17) is 4.74 Å². The molecule has 20 heavy (non-hydrogen) atoms. The molecular formula is C14H17N5O. The van der Waals surface area contributed by atoms with Crippen molar-refractivity contribution < 1.29 is 4.74 Å². The van der Waals surface area contributed by atoms with Crippen LogP contribution in [-0.2, 0) is 4.74 Å². The minimum absolute atomic E-state index is 0.517. The molecule has 1 aliphatic heterocycles. The third-order valence-corrected chi connectivity index (χ3v) is 3.27.